The summed E-state index contributed by atoms with van der Waals surface area (Å²) in [6, 6.07) is 5.97. The van der Waals surface area contributed by atoms with Crippen LogP contribution in [0, 0.1) is 10.1 Å². The molecule has 10 heteroatoms. The molecule has 28 heavy (non-hydrogen) atoms. The molecule has 0 N–H and O–H groups in total. The van der Waals surface area contributed by atoms with E-state index in [1.165, 1.54) is 24.3 Å². The minimum atomic E-state index is -0.497. The second-order valence-electron chi connectivity index (χ2n) is 6.56. The van der Waals surface area contributed by atoms with Crippen LogP contribution in [0.25, 0.3) is 5.69 Å². The number of piperidine rings is 1. The van der Waals surface area contributed by atoms with E-state index in [-0.39, 0.29) is 10.7 Å². The number of imidazole rings is 1. The number of anilines is 1. The van der Waals surface area contributed by atoms with E-state index in [4.69, 9.17) is 11.6 Å². The van der Waals surface area contributed by atoms with Crippen molar-refractivity contribution in [1.29, 1.82) is 0 Å². The van der Waals surface area contributed by atoms with Gasteiger partial charge in [0.1, 0.15) is 5.02 Å². The fraction of sp³-hybridized carbons (Fsp3) is 0.278. The first-order valence-electron chi connectivity index (χ1n) is 8.79. The fourth-order valence-corrected chi connectivity index (χ4v) is 3.68. The average Bonchev–Trinajstić information content (AvgIpc) is 3.25. The summed E-state index contributed by atoms with van der Waals surface area (Å²) in [7, 11) is 0. The maximum absolute atomic E-state index is 12.7. The molecule has 0 spiro atoms. The zero-order valence-electron chi connectivity index (χ0n) is 14.8. The third-order valence-electron chi connectivity index (χ3n) is 4.96. The van der Waals surface area contributed by atoms with E-state index in [0.29, 0.717) is 17.4 Å². The Bertz CT molecular complexity index is 1040. The van der Waals surface area contributed by atoms with E-state index in [1.807, 2.05) is 12.5 Å². The molecular formula is C18H17ClN6O3. The number of nitro groups is 1. The van der Waals surface area contributed by atoms with Crippen molar-refractivity contribution in [3.63, 3.8) is 0 Å². The van der Waals surface area contributed by atoms with Crippen LogP contribution >= 0.6 is 11.6 Å². The van der Waals surface area contributed by atoms with E-state index >= 15 is 0 Å². The van der Waals surface area contributed by atoms with E-state index in [1.54, 1.807) is 12.4 Å². The Balaban J connectivity index is 1.55. The van der Waals surface area contributed by atoms with Gasteiger partial charge in [0.25, 0.3) is 11.2 Å². The van der Waals surface area contributed by atoms with E-state index in [2.05, 4.69) is 19.5 Å². The number of non-ortho nitro benzene ring substituents is 1. The van der Waals surface area contributed by atoms with Crippen molar-refractivity contribution in [1.82, 2.24) is 19.3 Å². The van der Waals surface area contributed by atoms with Crippen LogP contribution in [-0.4, -0.2) is 37.3 Å². The first-order valence-corrected chi connectivity index (χ1v) is 9.17. The highest BCUT2D eigenvalue weighted by Crippen LogP contribution is 2.29. The monoisotopic (exact) mass is 400 g/mol. The highest BCUT2D eigenvalue weighted by atomic mass is 35.5. The summed E-state index contributed by atoms with van der Waals surface area (Å²) in [5, 5.41) is 15.1. The lowest BCUT2D eigenvalue weighted by molar-refractivity contribution is -0.384. The molecular weight excluding hydrogens is 384 g/mol. The van der Waals surface area contributed by atoms with Gasteiger partial charge in [-0.1, -0.05) is 11.6 Å². The Morgan fingerprint density at radius 2 is 1.89 bits per heavy atom. The average molecular weight is 401 g/mol. The van der Waals surface area contributed by atoms with Gasteiger partial charge >= 0.3 is 0 Å². The number of benzene rings is 1. The summed E-state index contributed by atoms with van der Waals surface area (Å²) in [4.78, 5) is 29.1. The van der Waals surface area contributed by atoms with E-state index in [0.717, 1.165) is 30.6 Å². The molecule has 4 rings (SSSR count). The molecule has 0 amide bonds. The summed E-state index contributed by atoms with van der Waals surface area (Å²) in [5.41, 5.74) is 0.516. The largest absolute Gasteiger partial charge is 0.369 e. The number of rotatable bonds is 4. The molecule has 0 radical (unpaired) electrons. The molecule has 0 atom stereocenters. The zero-order valence-corrected chi connectivity index (χ0v) is 15.6. The van der Waals surface area contributed by atoms with Crippen molar-refractivity contribution in [2.75, 3.05) is 18.0 Å². The van der Waals surface area contributed by atoms with Gasteiger partial charge in [0.2, 0.25) is 0 Å². The molecule has 3 heterocycles. The maximum Gasteiger partial charge on any atom is 0.292 e. The minimum Gasteiger partial charge on any atom is -0.369 e. The predicted octanol–water partition coefficient (Wildman–Crippen LogP) is 2.83. The molecule has 0 unspecified atom stereocenters. The second kappa shape index (κ2) is 7.43. The molecule has 0 saturated carbocycles. The number of aromatic nitrogens is 4. The minimum absolute atomic E-state index is 0.0553. The number of nitro benzene ring substituents is 1. The Hall–Kier alpha value is -3.20. The van der Waals surface area contributed by atoms with Crippen molar-refractivity contribution < 1.29 is 4.92 Å². The van der Waals surface area contributed by atoms with Gasteiger partial charge in [-0.15, -0.1) is 0 Å². The van der Waals surface area contributed by atoms with Gasteiger partial charge in [0.05, 0.1) is 28.8 Å². The van der Waals surface area contributed by atoms with Crippen molar-refractivity contribution in [2.24, 2.45) is 0 Å². The smallest absolute Gasteiger partial charge is 0.292 e. The molecule has 1 aliphatic heterocycles. The van der Waals surface area contributed by atoms with Crippen LogP contribution in [-0.2, 0) is 0 Å². The maximum atomic E-state index is 12.7. The van der Waals surface area contributed by atoms with Crippen LogP contribution in [0.1, 0.15) is 18.9 Å². The van der Waals surface area contributed by atoms with Gasteiger partial charge in [0.15, 0.2) is 0 Å². The molecule has 0 bridgehead atoms. The molecule has 3 aromatic rings. The van der Waals surface area contributed by atoms with Gasteiger partial charge in [-0.2, -0.15) is 9.78 Å². The van der Waals surface area contributed by atoms with Gasteiger partial charge < -0.3 is 9.47 Å². The third-order valence-corrected chi connectivity index (χ3v) is 5.31. The first-order chi connectivity index (χ1) is 13.5. The Kier molecular flexibility index (Phi) is 4.82. The van der Waals surface area contributed by atoms with Crippen molar-refractivity contribution in [3.8, 4) is 5.69 Å². The highest BCUT2D eigenvalue weighted by molar-refractivity contribution is 6.33. The molecule has 1 aliphatic rings. The van der Waals surface area contributed by atoms with Gasteiger partial charge in [0, 0.05) is 43.7 Å². The topological polar surface area (TPSA) is 99.1 Å². The van der Waals surface area contributed by atoms with Crippen LogP contribution in [0.4, 0.5) is 11.4 Å². The zero-order chi connectivity index (χ0) is 19.7. The van der Waals surface area contributed by atoms with E-state index < -0.39 is 10.5 Å². The molecule has 9 nitrogen and oxygen atoms in total. The van der Waals surface area contributed by atoms with Crippen LogP contribution in [0.15, 0.2) is 54.0 Å². The SMILES string of the molecule is O=c1c(Cl)c(N2CCC(n3ccnc3)CC2)cnn1-c1ccc([N+](=O)[O-])cc1. The summed E-state index contributed by atoms with van der Waals surface area (Å²) < 4.78 is 3.25. The van der Waals surface area contributed by atoms with Crippen LogP contribution in [0.5, 0.6) is 0 Å². The molecule has 2 aromatic heterocycles. The van der Waals surface area contributed by atoms with Gasteiger partial charge in [-0.05, 0) is 25.0 Å². The van der Waals surface area contributed by atoms with Crippen LogP contribution in [0.2, 0.25) is 5.02 Å². The summed E-state index contributed by atoms with van der Waals surface area (Å²) >= 11 is 6.36. The van der Waals surface area contributed by atoms with Crippen molar-refractivity contribution >= 4 is 23.0 Å². The Morgan fingerprint density at radius 3 is 2.50 bits per heavy atom. The van der Waals surface area contributed by atoms with Crippen molar-refractivity contribution in [3.05, 3.63) is 74.7 Å². The Labute approximate surface area is 164 Å². The van der Waals surface area contributed by atoms with Crippen molar-refractivity contribution in [2.45, 2.75) is 18.9 Å². The number of halogens is 1. The van der Waals surface area contributed by atoms with E-state index in [9.17, 15) is 14.9 Å². The molecule has 1 saturated heterocycles. The van der Waals surface area contributed by atoms with Gasteiger partial charge in [-0.25, -0.2) is 4.98 Å². The number of hydrogen-bond donors (Lipinski definition) is 0. The van der Waals surface area contributed by atoms with Crippen LogP contribution in [0.3, 0.4) is 0 Å². The van der Waals surface area contributed by atoms with Gasteiger partial charge in [-0.3, -0.25) is 14.9 Å². The van der Waals surface area contributed by atoms with Crippen LogP contribution < -0.4 is 10.5 Å². The Morgan fingerprint density at radius 1 is 1.18 bits per heavy atom. The molecule has 144 valence electrons. The summed E-state index contributed by atoms with van der Waals surface area (Å²) in [6.07, 6.45) is 8.95. The number of nitrogens with zero attached hydrogens (tertiary/aromatic N) is 6. The second-order valence-corrected chi connectivity index (χ2v) is 6.94. The lowest BCUT2D eigenvalue weighted by Gasteiger charge is -2.34. The molecule has 1 fully saturated rings. The lowest BCUT2D eigenvalue weighted by atomic mass is 10.0. The quantitative estimate of drug-likeness (QED) is 0.493. The number of hydrogen-bond acceptors (Lipinski definition) is 6. The first kappa shape index (κ1) is 18.2. The molecule has 1 aromatic carbocycles. The summed E-state index contributed by atoms with van der Waals surface area (Å²) in [6.45, 7) is 1.51. The predicted molar refractivity (Wildman–Crippen MR) is 104 cm³/mol. The fourth-order valence-electron chi connectivity index (χ4n) is 3.43. The third kappa shape index (κ3) is 3.36. The lowest BCUT2D eigenvalue weighted by Crippen LogP contribution is -2.36. The molecule has 0 aliphatic carbocycles. The highest BCUT2D eigenvalue weighted by Gasteiger charge is 2.23. The standard InChI is InChI=1S/C18H17ClN6O3/c19-17-16(22-8-5-13(6-9-22)23-10-7-20-12-23)11-21-24(18(17)26)14-1-3-15(4-2-14)25(27)28/h1-4,7,10-13H,5-6,8-9H2. The normalized spacial score (nSPS) is 15.0. The summed E-state index contributed by atoms with van der Waals surface area (Å²) in [5.74, 6) is 0.